The Morgan fingerprint density at radius 3 is 2.90 bits per heavy atom. The van der Waals surface area contributed by atoms with Gasteiger partial charge in [0.2, 0.25) is 5.91 Å². The average molecular weight is 274 g/mol. The summed E-state index contributed by atoms with van der Waals surface area (Å²) in [5, 5.41) is 0. The highest BCUT2D eigenvalue weighted by molar-refractivity contribution is 5.95. The highest BCUT2D eigenvalue weighted by Gasteiger charge is 2.33. The van der Waals surface area contributed by atoms with E-state index in [1.807, 2.05) is 7.05 Å². The fourth-order valence-electron chi connectivity index (χ4n) is 3.26. The maximum absolute atomic E-state index is 11.7. The van der Waals surface area contributed by atoms with Crippen LogP contribution in [0.4, 0.5) is 5.69 Å². The maximum Gasteiger partial charge on any atom is 0.227 e. The Kier molecular flexibility index (Phi) is 3.50. The third kappa shape index (κ3) is 2.12. The zero-order chi connectivity index (χ0) is 14.3. The lowest BCUT2D eigenvalue weighted by atomic mass is 9.88. The van der Waals surface area contributed by atoms with Crippen molar-refractivity contribution in [3.8, 4) is 0 Å². The molecule has 1 saturated heterocycles. The van der Waals surface area contributed by atoms with Gasteiger partial charge >= 0.3 is 0 Å². The Hall–Kier alpha value is -1.43. The summed E-state index contributed by atoms with van der Waals surface area (Å²) in [5.74, 6) is 0.579. The Morgan fingerprint density at radius 2 is 2.15 bits per heavy atom. The normalized spacial score (nSPS) is 29.6. The number of nitrogens with two attached hydrogens (primary N) is 1. The Balaban J connectivity index is 1.91. The van der Waals surface area contributed by atoms with E-state index in [1.165, 1.54) is 11.1 Å². The van der Waals surface area contributed by atoms with E-state index in [0.29, 0.717) is 24.9 Å². The standard InChI is InChI=1S/C15H22N4O/c1-9-12(8-16)15(18-17-9)11-3-5-13-10(7-11)4-6-14(20)19(13)2/h3,5,7,9,12,15,17-18H,4,6,8,16H2,1-2H3. The molecular formula is C15H22N4O. The van der Waals surface area contributed by atoms with Gasteiger partial charge in [-0.1, -0.05) is 12.1 Å². The van der Waals surface area contributed by atoms with Crippen molar-refractivity contribution < 1.29 is 4.79 Å². The van der Waals surface area contributed by atoms with E-state index in [4.69, 9.17) is 5.73 Å². The number of carbonyl (C=O) groups excluding carboxylic acids is 1. The number of nitrogens with zero attached hydrogens (tertiary/aromatic N) is 1. The van der Waals surface area contributed by atoms with E-state index in [0.717, 1.165) is 12.1 Å². The summed E-state index contributed by atoms with van der Waals surface area (Å²) in [6.45, 7) is 2.80. The van der Waals surface area contributed by atoms with Gasteiger partial charge in [-0.05, 0) is 37.1 Å². The van der Waals surface area contributed by atoms with Crippen molar-refractivity contribution in [3.63, 3.8) is 0 Å². The number of hydrogen-bond acceptors (Lipinski definition) is 4. The van der Waals surface area contributed by atoms with Crippen LogP contribution < -0.4 is 21.5 Å². The molecule has 1 aromatic rings. The summed E-state index contributed by atoms with van der Waals surface area (Å²) in [5.41, 5.74) is 16.0. The van der Waals surface area contributed by atoms with Crippen LogP contribution in [0.5, 0.6) is 0 Å². The molecule has 1 amide bonds. The van der Waals surface area contributed by atoms with Crippen LogP contribution in [0, 0.1) is 5.92 Å². The lowest BCUT2D eigenvalue weighted by molar-refractivity contribution is -0.118. The van der Waals surface area contributed by atoms with Crippen molar-refractivity contribution in [2.45, 2.75) is 31.8 Å². The summed E-state index contributed by atoms with van der Waals surface area (Å²) in [6, 6.07) is 6.99. The molecule has 1 aromatic carbocycles. The quantitative estimate of drug-likeness (QED) is 0.743. The molecule has 0 bridgehead atoms. The molecule has 0 saturated carbocycles. The molecule has 5 heteroatoms. The van der Waals surface area contributed by atoms with E-state index in [-0.39, 0.29) is 11.9 Å². The zero-order valence-electron chi connectivity index (χ0n) is 12.0. The topological polar surface area (TPSA) is 70.4 Å². The van der Waals surface area contributed by atoms with Crippen molar-refractivity contribution in [1.82, 2.24) is 10.9 Å². The van der Waals surface area contributed by atoms with Crippen LogP contribution in [0.1, 0.15) is 30.5 Å². The summed E-state index contributed by atoms with van der Waals surface area (Å²) < 4.78 is 0. The molecule has 0 aliphatic carbocycles. The number of carbonyl (C=O) groups is 1. The number of aryl methyl sites for hydroxylation is 1. The van der Waals surface area contributed by atoms with Gasteiger partial charge in [0.15, 0.2) is 0 Å². The number of anilines is 1. The Bertz CT molecular complexity index is 531. The number of benzene rings is 1. The van der Waals surface area contributed by atoms with Crippen molar-refractivity contribution in [2.75, 3.05) is 18.5 Å². The minimum atomic E-state index is 0.194. The highest BCUT2D eigenvalue weighted by atomic mass is 16.2. The van der Waals surface area contributed by atoms with Gasteiger partial charge in [0.25, 0.3) is 0 Å². The number of amides is 1. The lowest BCUT2D eigenvalue weighted by Gasteiger charge is -2.27. The fourth-order valence-corrected chi connectivity index (χ4v) is 3.26. The van der Waals surface area contributed by atoms with Crippen LogP contribution in [0.15, 0.2) is 18.2 Å². The first-order valence-corrected chi connectivity index (χ1v) is 7.22. The molecule has 4 N–H and O–H groups in total. The smallest absolute Gasteiger partial charge is 0.227 e. The monoisotopic (exact) mass is 274 g/mol. The Morgan fingerprint density at radius 1 is 1.35 bits per heavy atom. The Labute approximate surface area is 119 Å². The molecule has 3 atom stereocenters. The van der Waals surface area contributed by atoms with Gasteiger partial charge in [-0.25, -0.2) is 5.43 Å². The fraction of sp³-hybridized carbons (Fsp3) is 0.533. The molecule has 0 spiro atoms. The molecule has 1 fully saturated rings. The van der Waals surface area contributed by atoms with Crippen LogP contribution in [-0.2, 0) is 11.2 Å². The molecule has 3 rings (SSSR count). The van der Waals surface area contributed by atoms with E-state index >= 15 is 0 Å². The first-order chi connectivity index (χ1) is 9.61. The van der Waals surface area contributed by atoms with Gasteiger partial charge in [0.05, 0.1) is 6.04 Å². The predicted octanol–water partition coefficient (Wildman–Crippen LogP) is 0.708. The molecule has 3 unspecified atom stereocenters. The predicted molar refractivity (Wildman–Crippen MR) is 79.2 cm³/mol. The number of fused-ring (bicyclic) bond motifs is 1. The summed E-state index contributed by atoms with van der Waals surface area (Å²) in [4.78, 5) is 13.5. The molecule has 2 aliphatic heterocycles. The first kappa shape index (κ1) is 13.5. The minimum absolute atomic E-state index is 0.194. The number of rotatable bonds is 2. The summed E-state index contributed by atoms with van der Waals surface area (Å²) >= 11 is 0. The molecule has 2 aliphatic rings. The average Bonchev–Trinajstić information content (AvgIpc) is 2.83. The largest absolute Gasteiger partial charge is 0.330 e. The van der Waals surface area contributed by atoms with Crippen molar-refractivity contribution >= 4 is 11.6 Å². The van der Waals surface area contributed by atoms with Crippen LogP contribution in [0.25, 0.3) is 0 Å². The number of hydrazine groups is 1. The third-order valence-electron chi connectivity index (χ3n) is 4.62. The van der Waals surface area contributed by atoms with Gasteiger partial charge in [-0.15, -0.1) is 0 Å². The molecule has 108 valence electrons. The van der Waals surface area contributed by atoms with Gasteiger partial charge in [-0.3, -0.25) is 10.2 Å². The second-order valence-electron chi connectivity index (χ2n) is 5.80. The summed E-state index contributed by atoms with van der Waals surface area (Å²) in [7, 11) is 1.85. The zero-order valence-corrected chi connectivity index (χ0v) is 12.0. The van der Waals surface area contributed by atoms with E-state index in [1.54, 1.807) is 4.90 Å². The van der Waals surface area contributed by atoms with Gasteiger partial charge in [0.1, 0.15) is 0 Å². The van der Waals surface area contributed by atoms with Crippen LogP contribution in [0.3, 0.4) is 0 Å². The molecule has 0 radical (unpaired) electrons. The van der Waals surface area contributed by atoms with Gasteiger partial charge in [-0.2, -0.15) is 0 Å². The SMILES string of the molecule is CC1NNC(c2ccc3c(c2)CCC(=O)N3C)C1CN. The second kappa shape index (κ2) is 5.16. The van der Waals surface area contributed by atoms with Crippen LogP contribution >= 0.6 is 0 Å². The summed E-state index contributed by atoms with van der Waals surface area (Å²) in [6.07, 6.45) is 1.43. The first-order valence-electron chi connectivity index (χ1n) is 7.22. The molecule has 20 heavy (non-hydrogen) atoms. The number of hydrogen-bond donors (Lipinski definition) is 3. The molecule has 5 nitrogen and oxygen atoms in total. The van der Waals surface area contributed by atoms with E-state index in [2.05, 4.69) is 36.0 Å². The van der Waals surface area contributed by atoms with Crippen LogP contribution in [-0.4, -0.2) is 25.5 Å². The lowest BCUT2D eigenvalue weighted by Crippen LogP contribution is -2.31. The minimum Gasteiger partial charge on any atom is -0.330 e. The van der Waals surface area contributed by atoms with Crippen LogP contribution in [0.2, 0.25) is 0 Å². The third-order valence-corrected chi connectivity index (χ3v) is 4.62. The van der Waals surface area contributed by atoms with E-state index < -0.39 is 0 Å². The molecular weight excluding hydrogens is 252 g/mol. The second-order valence-corrected chi connectivity index (χ2v) is 5.80. The van der Waals surface area contributed by atoms with Crippen molar-refractivity contribution in [2.24, 2.45) is 11.7 Å². The highest BCUT2D eigenvalue weighted by Crippen LogP contribution is 2.33. The maximum atomic E-state index is 11.7. The van der Waals surface area contributed by atoms with Gasteiger partial charge < -0.3 is 10.6 Å². The van der Waals surface area contributed by atoms with Crippen molar-refractivity contribution in [1.29, 1.82) is 0 Å². The number of nitrogens with one attached hydrogen (secondary N) is 2. The van der Waals surface area contributed by atoms with Gasteiger partial charge in [0, 0.05) is 31.1 Å². The van der Waals surface area contributed by atoms with E-state index in [9.17, 15) is 4.79 Å². The molecule has 2 heterocycles. The molecule has 0 aromatic heterocycles. The van der Waals surface area contributed by atoms with Crippen molar-refractivity contribution in [3.05, 3.63) is 29.3 Å².